The first-order valence-electron chi connectivity index (χ1n) is 3.49. The van der Waals surface area contributed by atoms with E-state index in [0.29, 0.717) is 0 Å². The highest BCUT2D eigenvalue weighted by atomic mass is 19.4. The topological polar surface area (TPSA) is 0 Å². The lowest BCUT2D eigenvalue weighted by atomic mass is 10.1. The highest BCUT2D eigenvalue weighted by Crippen LogP contribution is 2.25. The third-order valence-corrected chi connectivity index (χ3v) is 1.28. The lowest BCUT2D eigenvalue weighted by molar-refractivity contribution is -0.147. The van der Waals surface area contributed by atoms with Gasteiger partial charge in [0.05, 0.1) is 6.42 Å². The van der Waals surface area contributed by atoms with Crippen molar-refractivity contribution in [3.05, 3.63) is 6.92 Å². The van der Waals surface area contributed by atoms with Gasteiger partial charge in [-0.25, -0.2) is 8.78 Å². The molecule has 0 nitrogen and oxygen atoms in total. The predicted octanol–water partition coefficient (Wildman–Crippen LogP) is 3.23. The Labute approximate surface area is 67.8 Å². The molecule has 0 aliphatic rings. The van der Waals surface area contributed by atoms with E-state index in [0.717, 1.165) is 0 Å². The van der Waals surface area contributed by atoms with Gasteiger partial charge in [-0.3, -0.25) is 0 Å². The average molecular weight is 189 g/mol. The van der Waals surface area contributed by atoms with E-state index in [1.54, 1.807) is 0 Å². The van der Waals surface area contributed by atoms with Gasteiger partial charge in [-0.05, 0) is 6.42 Å². The van der Waals surface area contributed by atoms with Gasteiger partial charge >= 0.3 is 6.18 Å². The van der Waals surface area contributed by atoms with Crippen molar-refractivity contribution in [3.8, 4) is 0 Å². The molecule has 0 aliphatic carbocycles. The number of hydrogen-bond donors (Lipinski definition) is 0. The number of hydrogen-bond acceptors (Lipinski definition) is 0. The van der Waals surface area contributed by atoms with Gasteiger partial charge in [0.15, 0.2) is 0 Å². The van der Waals surface area contributed by atoms with Crippen LogP contribution in [0.5, 0.6) is 0 Å². The van der Waals surface area contributed by atoms with Gasteiger partial charge in [0.25, 0.3) is 0 Å². The Bertz CT molecular complexity index is 119. The molecule has 5 heteroatoms. The normalized spacial score (nSPS) is 17.5. The molecule has 0 bridgehead atoms. The van der Waals surface area contributed by atoms with E-state index in [9.17, 15) is 22.0 Å². The van der Waals surface area contributed by atoms with Gasteiger partial charge in [0.1, 0.15) is 12.3 Å². The molecule has 0 aliphatic heterocycles. The summed E-state index contributed by atoms with van der Waals surface area (Å²) in [6, 6.07) is 0. The molecule has 0 fully saturated rings. The molecule has 0 aromatic rings. The van der Waals surface area contributed by atoms with Gasteiger partial charge in [-0.15, -0.1) is 0 Å². The van der Waals surface area contributed by atoms with Crippen LogP contribution in [0.25, 0.3) is 0 Å². The summed E-state index contributed by atoms with van der Waals surface area (Å²) < 4.78 is 59.1. The first kappa shape index (κ1) is 11.6. The second-order valence-electron chi connectivity index (χ2n) is 2.54. The summed E-state index contributed by atoms with van der Waals surface area (Å²) in [6.07, 6.45) is -10.8. The summed E-state index contributed by atoms with van der Waals surface area (Å²) >= 11 is 0. The zero-order valence-electron chi connectivity index (χ0n) is 6.37. The number of halogens is 5. The maximum Gasteiger partial charge on any atom is 0.391 e. The Hall–Kier alpha value is -0.350. The molecule has 0 saturated carbocycles. The van der Waals surface area contributed by atoms with Crippen molar-refractivity contribution in [2.75, 3.05) is 0 Å². The maximum atomic E-state index is 12.3. The lowest BCUT2D eigenvalue weighted by Gasteiger charge is -2.12. The summed E-state index contributed by atoms with van der Waals surface area (Å²) in [6.45, 7) is 3.11. The molecule has 0 aromatic carbocycles. The van der Waals surface area contributed by atoms with E-state index in [1.165, 1.54) is 0 Å². The Morgan fingerprint density at radius 1 is 1.08 bits per heavy atom. The molecule has 0 rings (SSSR count). The van der Waals surface area contributed by atoms with Crippen LogP contribution in [0, 0.1) is 6.92 Å². The monoisotopic (exact) mass is 189 g/mol. The van der Waals surface area contributed by atoms with Crippen LogP contribution in [-0.2, 0) is 0 Å². The van der Waals surface area contributed by atoms with Crippen molar-refractivity contribution in [2.45, 2.75) is 37.8 Å². The van der Waals surface area contributed by atoms with E-state index >= 15 is 0 Å². The standard InChI is InChI=1S/C7H10F5/c1-2-5(8)3-6(9)4-7(10,11)12/h5-6H,1-4H2/t5?,6-/m0/s1. The van der Waals surface area contributed by atoms with Crippen molar-refractivity contribution < 1.29 is 22.0 Å². The molecule has 0 N–H and O–H groups in total. The summed E-state index contributed by atoms with van der Waals surface area (Å²) in [7, 11) is 0. The minimum Gasteiger partial charge on any atom is -0.247 e. The number of rotatable bonds is 4. The van der Waals surface area contributed by atoms with Gasteiger partial charge in [-0.1, -0.05) is 6.92 Å². The molecule has 73 valence electrons. The van der Waals surface area contributed by atoms with Crippen LogP contribution in [0.4, 0.5) is 22.0 Å². The second kappa shape index (κ2) is 4.62. The third-order valence-electron chi connectivity index (χ3n) is 1.28. The Morgan fingerprint density at radius 2 is 1.58 bits per heavy atom. The minimum absolute atomic E-state index is 0.196. The van der Waals surface area contributed by atoms with E-state index in [-0.39, 0.29) is 6.42 Å². The zero-order chi connectivity index (χ0) is 9.78. The predicted molar refractivity (Wildman–Crippen MR) is 35.1 cm³/mol. The summed E-state index contributed by atoms with van der Waals surface area (Å²) in [5.74, 6) is 0. The molecule has 0 heterocycles. The van der Waals surface area contributed by atoms with Crippen LogP contribution in [0.15, 0.2) is 0 Å². The van der Waals surface area contributed by atoms with E-state index in [2.05, 4.69) is 6.92 Å². The molecule has 0 spiro atoms. The van der Waals surface area contributed by atoms with Gasteiger partial charge < -0.3 is 0 Å². The summed E-state index contributed by atoms with van der Waals surface area (Å²) in [5, 5.41) is 0. The van der Waals surface area contributed by atoms with Crippen LogP contribution in [0.3, 0.4) is 0 Å². The van der Waals surface area contributed by atoms with Gasteiger partial charge in [-0.2, -0.15) is 13.2 Å². The molecule has 2 atom stereocenters. The van der Waals surface area contributed by atoms with Crippen molar-refractivity contribution in [3.63, 3.8) is 0 Å². The highest BCUT2D eigenvalue weighted by molar-refractivity contribution is 4.68. The van der Waals surface area contributed by atoms with Crippen molar-refractivity contribution in [2.24, 2.45) is 0 Å². The Morgan fingerprint density at radius 3 is 1.92 bits per heavy atom. The second-order valence-corrected chi connectivity index (χ2v) is 2.54. The minimum atomic E-state index is -4.56. The van der Waals surface area contributed by atoms with Crippen LogP contribution in [0.2, 0.25) is 0 Å². The summed E-state index contributed by atoms with van der Waals surface area (Å²) in [4.78, 5) is 0. The SMILES string of the molecule is [CH2]CC(F)C[C@H](F)CC(F)(F)F. The Kier molecular flexibility index (Phi) is 4.49. The smallest absolute Gasteiger partial charge is 0.247 e. The zero-order valence-corrected chi connectivity index (χ0v) is 6.37. The van der Waals surface area contributed by atoms with Crippen LogP contribution in [0.1, 0.15) is 19.3 Å². The largest absolute Gasteiger partial charge is 0.391 e. The fraction of sp³-hybridized carbons (Fsp3) is 0.857. The van der Waals surface area contributed by atoms with Gasteiger partial charge in [0, 0.05) is 6.42 Å². The molecule has 1 radical (unpaired) electrons. The first-order chi connectivity index (χ1) is 5.35. The third kappa shape index (κ3) is 6.37. The average Bonchev–Trinajstić information content (AvgIpc) is 1.82. The quantitative estimate of drug-likeness (QED) is 0.595. The molecule has 0 aromatic heterocycles. The van der Waals surface area contributed by atoms with E-state index < -0.39 is 31.4 Å². The molecule has 0 amide bonds. The van der Waals surface area contributed by atoms with E-state index in [1.807, 2.05) is 0 Å². The molecule has 1 unspecified atom stereocenters. The summed E-state index contributed by atoms with van der Waals surface area (Å²) in [5.41, 5.74) is 0. The molecule has 12 heavy (non-hydrogen) atoms. The fourth-order valence-corrected chi connectivity index (χ4v) is 0.730. The van der Waals surface area contributed by atoms with Crippen LogP contribution < -0.4 is 0 Å². The molecular formula is C7H10F5. The van der Waals surface area contributed by atoms with Gasteiger partial charge in [0.2, 0.25) is 0 Å². The molecular weight excluding hydrogens is 179 g/mol. The maximum absolute atomic E-state index is 12.3. The van der Waals surface area contributed by atoms with Crippen LogP contribution >= 0.6 is 0 Å². The molecule has 0 saturated heterocycles. The van der Waals surface area contributed by atoms with E-state index in [4.69, 9.17) is 0 Å². The highest BCUT2D eigenvalue weighted by Gasteiger charge is 2.32. The Balaban J connectivity index is 3.66. The number of alkyl halides is 5. The fourth-order valence-electron chi connectivity index (χ4n) is 0.730. The van der Waals surface area contributed by atoms with Crippen LogP contribution in [-0.4, -0.2) is 18.5 Å². The first-order valence-corrected chi connectivity index (χ1v) is 3.49. The van der Waals surface area contributed by atoms with Crippen molar-refractivity contribution in [1.82, 2.24) is 0 Å². The lowest BCUT2D eigenvalue weighted by Crippen LogP contribution is -2.19. The van der Waals surface area contributed by atoms with Crippen molar-refractivity contribution >= 4 is 0 Å². The van der Waals surface area contributed by atoms with Crippen molar-refractivity contribution in [1.29, 1.82) is 0 Å².